The second-order valence-electron chi connectivity index (χ2n) is 5.24. The van der Waals surface area contributed by atoms with E-state index in [2.05, 4.69) is 0 Å². The standard InChI is InChI=1S/C9H14N2O2.C8H12N2O2/c1-13-7-3-2-6(4-5-12)8(10)9(7)11;1-5(11)12-8-3-2-6(9)4-7(8)10/h2-3,12H,4-5,10-11H2,1H3;2-5,11H,9-10H2,1H3. The smallest absolute Gasteiger partial charge is 0.194 e. The molecule has 0 aromatic heterocycles. The van der Waals surface area contributed by atoms with Crippen LogP contribution in [-0.4, -0.2) is 30.2 Å². The summed E-state index contributed by atoms with van der Waals surface area (Å²) in [6.07, 6.45) is -0.351. The highest BCUT2D eigenvalue weighted by Gasteiger charge is 2.07. The topological polar surface area (TPSA) is 163 Å². The minimum atomic E-state index is -0.865. The van der Waals surface area contributed by atoms with Crippen LogP contribution in [0.5, 0.6) is 11.5 Å². The number of ether oxygens (including phenoxy) is 2. The molecule has 0 aliphatic heterocycles. The molecule has 0 aliphatic carbocycles. The fourth-order valence-electron chi connectivity index (χ4n) is 2.04. The molecule has 138 valence electrons. The van der Waals surface area contributed by atoms with Crippen LogP contribution in [0.2, 0.25) is 0 Å². The second kappa shape index (κ2) is 9.45. The summed E-state index contributed by atoms with van der Waals surface area (Å²) in [6, 6.07) is 8.42. The van der Waals surface area contributed by atoms with Crippen LogP contribution < -0.4 is 32.4 Å². The summed E-state index contributed by atoms with van der Waals surface area (Å²) < 4.78 is 9.97. The molecule has 25 heavy (non-hydrogen) atoms. The summed E-state index contributed by atoms with van der Waals surface area (Å²) in [4.78, 5) is 0. The first-order valence-electron chi connectivity index (χ1n) is 7.61. The first-order chi connectivity index (χ1) is 11.8. The van der Waals surface area contributed by atoms with Gasteiger partial charge in [-0.15, -0.1) is 0 Å². The maximum atomic E-state index is 8.89. The molecule has 8 heteroatoms. The van der Waals surface area contributed by atoms with Gasteiger partial charge in [-0.25, -0.2) is 0 Å². The van der Waals surface area contributed by atoms with E-state index in [1.165, 1.54) is 14.0 Å². The Labute approximate surface area is 146 Å². The molecule has 0 heterocycles. The van der Waals surface area contributed by atoms with Crippen LogP contribution in [0.15, 0.2) is 30.3 Å². The predicted octanol–water partition coefficient (Wildman–Crippen LogP) is 0.962. The van der Waals surface area contributed by atoms with E-state index in [9.17, 15) is 0 Å². The van der Waals surface area contributed by atoms with E-state index in [1.807, 2.05) is 0 Å². The molecular formula is C17H26N4O4. The summed E-state index contributed by atoms with van der Waals surface area (Å²) in [5.41, 5.74) is 25.2. The Hall–Kier alpha value is -2.84. The summed E-state index contributed by atoms with van der Waals surface area (Å²) >= 11 is 0. The van der Waals surface area contributed by atoms with E-state index in [-0.39, 0.29) is 6.61 Å². The molecule has 2 rings (SSSR count). The van der Waals surface area contributed by atoms with E-state index in [4.69, 9.17) is 42.6 Å². The third-order valence-electron chi connectivity index (χ3n) is 3.27. The van der Waals surface area contributed by atoms with Crippen molar-refractivity contribution in [2.45, 2.75) is 19.6 Å². The van der Waals surface area contributed by atoms with Gasteiger partial charge in [-0.05, 0) is 43.2 Å². The molecule has 0 saturated carbocycles. The van der Waals surface area contributed by atoms with Gasteiger partial charge in [0.05, 0.1) is 24.2 Å². The maximum Gasteiger partial charge on any atom is 0.194 e. The van der Waals surface area contributed by atoms with Gasteiger partial charge in [0.1, 0.15) is 11.5 Å². The number of aliphatic hydroxyl groups is 2. The van der Waals surface area contributed by atoms with Crippen molar-refractivity contribution in [1.82, 2.24) is 0 Å². The molecule has 0 aliphatic rings. The van der Waals surface area contributed by atoms with Gasteiger partial charge in [0.2, 0.25) is 0 Å². The maximum absolute atomic E-state index is 8.89. The minimum absolute atomic E-state index is 0.0654. The molecule has 10 N–H and O–H groups in total. The zero-order valence-corrected chi connectivity index (χ0v) is 14.4. The van der Waals surface area contributed by atoms with Gasteiger partial charge in [0, 0.05) is 12.3 Å². The van der Waals surface area contributed by atoms with Gasteiger partial charge in [-0.1, -0.05) is 6.07 Å². The summed E-state index contributed by atoms with van der Waals surface area (Å²) in [6.45, 7) is 1.58. The molecule has 1 unspecified atom stereocenters. The number of nitrogens with two attached hydrogens (primary N) is 4. The van der Waals surface area contributed by atoms with Crippen molar-refractivity contribution in [2.24, 2.45) is 0 Å². The highest BCUT2D eigenvalue weighted by molar-refractivity contribution is 5.74. The van der Waals surface area contributed by atoms with Crippen LogP contribution in [-0.2, 0) is 6.42 Å². The number of aliphatic hydroxyl groups excluding tert-OH is 2. The van der Waals surface area contributed by atoms with Crippen LogP contribution in [0.25, 0.3) is 0 Å². The Morgan fingerprint density at radius 1 is 1.00 bits per heavy atom. The Balaban J connectivity index is 0.000000251. The molecule has 0 radical (unpaired) electrons. The average molecular weight is 350 g/mol. The predicted molar refractivity (Wildman–Crippen MR) is 100 cm³/mol. The fraction of sp³-hybridized carbons (Fsp3) is 0.294. The third kappa shape index (κ3) is 5.94. The van der Waals surface area contributed by atoms with Gasteiger partial charge in [0.25, 0.3) is 0 Å². The highest BCUT2D eigenvalue weighted by Crippen LogP contribution is 2.30. The molecule has 0 fully saturated rings. The quantitative estimate of drug-likeness (QED) is 0.343. The first-order valence-corrected chi connectivity index (χ1v) is 7.61. The van der Waals surface area contributed by atoms with Gasteiger partial charge >= 0.3 is 0 Å². The van der Waals surface area contributed by atoms with E-state index >= 15 is 0 Å². The number of hydrogen-bond acceptors (Lipinski definition) is 8. The molecule has 1 atom stereocenters. The number of hydrogen-bond donors (Lipinski definition) is 6. The summed E-state index contributed by atoms with van der Waals surface area (Å²) in [5, 5.41) is 17.6. The van der Waals surface area contributed by atoms with Gasteiger partial charge in [-0.3, -0.25) is 0 Å². The highest BCUT2D eigenvalue weighted by atomic mass is 16.6. The monoisotopic (exact) mass is 350 g/mol. The summed E-state index contributed by atoms with van der Waals surface area (Å²) in [5.74, 6) is 1.01. The minimum Gasteiger partial charge on any atom is -0.495 e. The average Bonchev–Trinajstić information content (AvgIpc) is 2.55. The van der Waals surface area contributed by atoms with Crippen LogP contribution >= 0.6 is 0 Å². The normalized spacial score (nSPS) is 11.2. The second-order valence-corrected chi connectivity index (χ2v) is 5.24. The molecule has 0 bridgehead atoms. The summed E-state index contributed by atoms with van der Waals surface area (Å²) in [7, 11) is 1.54. The number of rotatable bonds is 5. The lowest BCUT2D eigenvalue weighted by molar-refractivity contribution is 0.000281. The molecule has 0 saturated heterocycles. The molecule has 2 aromatic rings. The van der Waals surface area contributed by atoms with Crippen molar-refractivity contribution in [3.63, 3.8) is 0 Å². The van der Waals surface area contributed by atoms with E-state index in [0.717, 1.165) is 5.56 Å². The zero-order chi connectivity index (χ0) is 19.0. The fourth-order valence-corrected chi connectivity index (χ4v) is 2.04. The van der Waals surface area contributed by atoms with E-state index < -0.39 is 6.29 Å². The molecule has 0 amide bonds. The number of methoxy groups -OCH3 is 1. The van der Waals surface area contributed by atoms with Crippen LogP contribution in [0.4, 0.5) is 22.7 Å². The number of benzene rings is 2. The van der Waals surface area contributed by atoms with E-state index in [0.29, 0.717) is 40.7 Å². The lowest BCUT2D eigenvalue weighted by Gasteiger charge is -2.10. The Kier molecular flexibility index (Phi) is 7.64. The number of nitrogen functional groups attached to an aromatic ring is 4. The van der Waals surface area contributed by atoms with Crippen molar-refractivity contribution < 1.29 is 19.7 Å². The van der Waals surface area contributed by atoms with Crippen LogP contribution in [0.1, 0.15) is 12.5 Å². The molecular weight excluding hydrogens is 324 g/mol. The van der Waals surface area contributed by atoms with Gasteiger partial charge in [0.15, 0.2) is 6.29 Å². The SMILES string of the molecule is CC(O)Oc1ccc(N)cc1N.COc1ccc(CCO)c(N)c1N. The number of anilines is 4. The Morgan fingerprint density at radius 2 is 1.64 bits per heavy atom. The van der Waals surface area contributed by atoms with Gasteiger partial charge in [-0.2, -0.15) is 0 Å². The molecule has 0 spiro atoms. The first kappa shape index (κ1) is 20.2. The Morgan fingerprint density at radius 3 is 2.16 bits per heavy atom. The lowest BCUT2D eigenvalue weighted by atomic mass is 10.1. The van der Waals surface area contributed by atoms with E-state index in [1.54, 1.807) is 30.3 Å². The molecule has 2 aromatic carbocycles. The van der Waals surface area contributed by atoms with Crippen molar-refractivity contribution >= 4 is 22.7 Å². The Bertz CT molecular complexity index is 693. The van der Waals surface area contributed by atoms with Crippen LogP contribution in [0.3, 0.4) is 0 Å². The largest absolute Gasteiger partial charge is 0.495 e. The zero-order valence-electron chi connectivity index (χ0n) is 14.4. The van der Waals surface area contributed by atoms with Crippen molar-refractivity contribution in [1.29, 1.82) is 0 Å². The van der Waals surface area contributed by atoms with Crippen molar-refractivity contribution in [3.8, 4) is 11.5 Å². The van der Waals surface area contributed by atoms with Crippen molar-refractivity contribution in [2.75, 3.05) is 36.7 Å². The van der Waals surface area contributed by atoms with Gasteiger partial charge < -0.3 is 42.6 Å². The molecule has 8 nitrogen and oxygen atoms in total. The lowest BCUT2D eigenvalue weighted by Crippen LogP contribution is -2.10. The third-order valence-corrected chi connectivity index (χ3v) is 3.27. The van der Waals surface area contributed by atoms with Crippen LogP contribution in [0, 0.1) is 0 Å². The van der Waals surface area contributed by atoms with Crippen molar-refractivity contribution in [3.05, 3.63) is 35.9 Å².